The molecule has 0 aromatic heterocycles. The van der Waals surface area contributed by atoms with Gasteiger partial charge in [0.05, 0.1) is 9.79 Å². The molecule has 0 bridgehead atoms. The summed E-state index contributed by atoms with van der Waals surface area (Å²) in [6.45, 7) is 9.21. The van der Waals surface area contributed by atoms with E-state index in [1.54, 1.807) is 36.4 Å². The highest BCUT2D eigenvalue weighted by atomic mass is 32.2. The molecule has 1 aliphatic rings. The lowest BCUT2D eigenvalue weighted by atomic mass is 9.91. The third kappa shape index (κ3) is 8.61. The number of sulfonamides is 2. The second kappa shape index (κ2) is 14.8. The summed E-state index contributed by atoms with van der Waals surface area (Å²) in [6, 6.07) is 27.8. The number of rotatable bonds is 11. The van der Waals surface area contributed by atoms with Crippen molar-refractivity contribution in [1.82, 2.24) is 9.03 Å². The Hall–Kier alpha value is -4.52. The summed E-state index contributed by atoms with van der Waals surface area (Å²) >= 11 is 0. The van der Waals surface area contributed by atoms with Crippen molar-refractivity contribution in [3.05, 3.63) is 108 Å². The zero-order valence-corrected chi connectivity index (χ0v) is 30.5. The molecule has 1 aliphatic heterocycles. The van der Waals surface area contributed by atoms with Crippen LogP contribution >= 0.6 is 0 Å². The van der Waals surface area contributed by atoms with E-state index in [2.05, 4.69) is 36.0 Å². The van der Waals surface area contributed by atoms with Crippen molar-refractivity contribution in [3.63, 3.8) is 0 Å². The summed E-state index contributed by atoms with van der Waals surface area (Å²) in [5.41, 5.74) is 2.69. The Kier molecular flexibility index (Phi) is 10.8. The van der Waals surface area contributed by atoms with Crippen molar-refractivity contribution in [2.75, 3.05) is 18.4 Å². The van der Waals surface area contributed by atoms with E-state index in [9.17, 15) is 26.4 Å². The minimum atomic E-state index is -4.23. The summed E-state index contributed by atoms with van der Waals surface area (Å²) in [5.74, 6) is -0.546. The summed E-state index contributed by atoms with van der Waals surface area (Å²) in [6.07, 6.45) is 1.43. The molecule has 1 unspecified atom stereocenters. The maximum atomic E-state index is 13.9. The number of carbonyl (C=O) groups excluding carboxylic acids is 2. The quantitative estimate of drug-likeness (QED) is 0.177. The SMILES string of the molecule is CC(=O)Nc1ccc(S(=O)(=O)NC(=O)C(C)(C)Oc2cccc(C3CCCN(S(=O)(=O)c4cccc(-c5ccc(C(C)C)cc5)c4)C3)c2)cc1. The van der Waals surface area contributed by atoms with Crippen LogP contribution in [0, 0.1) is 0 Å². The molecule has 2 N–H and O–H groups in total. The number of benzene rings is 4. The van der Waals surface area contributed by atoms with Crippen LogP contribution < -0.4 is 14.8 Å². The van der Waals surface area contributed by atoms with Gasteiger partial charge in [-0.05, 0) is 109 Å². The normalized spacial score (nSPS) is 15.8. The van der Waals surface area contributed by atoms with Crippen LogP contribution in [-0.4, -0.2) is 51.6 Å². The Labute approximate surface area is 295 Å². The summed E-state index contributed by atoms with van der Waals surface area (Å²) in [7, 11) is -8.01. The van der Waals surface area contributed by atoms with Gasteiger partial charge in [0.1, 0.15) is 5.75 Å². The number of ether oxygens (including phenoxy) is 1. The first kappa shape index (κ1) is 36.8. The van der Waals surface area contributed by atoms with Crippen LogP contribution in [-0.2, 0) is 29.6 Å². The molecule has 1 saturated heterocycles. The summed E-state index contributed by atoms with van der Waals surface area (Å²) in [5, 5.41) is 2.56. The Bertz CT molecular complexity index is 2080. The maximum absolute atomic E-state index is 13.9. The van der Waals surface area contributed by atoms with Crippen molar-refractivity contribution in [2.24, 2.45) is 0 Å². The highest BCUT2D eigenvalue weighted by molar-refractivity contribution is 7.90. The molecule has 10 nitrogen and oxygen atoms in total. The standard InChI is InChI=1S/C38H43N3O7S2/c1-26(2)28-14-16-29(17-15-28)31-10-7-13-36(24-31)50(46,47)41-22-8-11-32(25-41)30-9-6-12-34(23-30)48-38(4,5)37(43)40-49(44,45)35-20-18-33(19-21-35)39-27(3)42/h6-7,9-10,12-21,23-24,26,32H,8,11,22,25H2,1-5H3,(H,39,42)(H,40,43). The highest BCUT2D eigenvalue weighted by Crippen LogP contribution is 2.34. The zero-order valence-electron chi connectivity index (χ0n) is 28.8. The molecule has 1 fully saturated rings. The van der Waals surface area contributed by atoms with E-state index < -0.39 is 31.6 Å². The van der Waals surface area contributed by atoms with Crippen LogP contribution in [0.2, 0.25) is 0 Å². The first-order chi connectivity index (χ1) is 23.5. The average Bonchev–Trinajstić information content (AvgIpc) is 3.08. The van der Waals surface area contributed by atoms with E-state index >= 15 is 0 Å². The lowest BCUT2D eigenvalue weighted by Crippen LogP contribution is -2.48. The molecule has 0 radical (unpaired) electrons. The molecule has 4 aromatic carbocycles. The van der Waals surface area contributed by atoms with Gasteiger partial charge >= 0.3 is 0 Å². The van der Waals surface area contributed by atoms with Gasteiger partial charge < -0.3 is 10.1 Å². The number of hydrogen-bond donors (Lipinski definition) is 2. The third-order valence-electron chi connectivity index (χ3n) is 8.73. The molecule has 0 saturated carbocycles. The molecule has 0 aliphatic carbocycles. The van der Waals surface area contributed by atoms with Gasteiger partial charge in [-0.1, -0.05) is 62.4 Å². The Morgan fingerprint density at radius 1 is 0.840 bits per heavy atom. The van der Waals surface area contributed by atoms with Crippen molar-refractivity contribution in [1.29, 1.82) is 0 Å². The smallest absolute Gasteiger partial charge is 0.277 e. The van der Waals surface area contributed by atoms with Gasteiger partial charge in [-0.25, -0.2) is 21.6 Å². The predicted octanol–water partition coefficient (Wildman–Crippen LogP) is 6.67. The topological polar surface area (TPSA) is 139 Å². The molecule has 5 rings (SSSR count). The summed E-state index contributed by atoms with van der Waals surface area (Å²) in [4.78, 5) is 24.5. The van der Waals surface area contributed by atoms with Gasteiger partial charge in [0.2, 0.25) is 15.9 Å². The lowest BCUT2D eigenvalue weighted by Gasteiger charge is -2.32. The molecule has 50 heavy (non-hydrogen) atoms. The van der Waals surface area contributed by atoms with Crippen molar-refractivity contribution in [2.45, 2.75) is 74.7 Å². The van der Waals surface area contributed by atoms with E-state index in [-0.39, 0.29) is 28.2 Å². The monoisotopic (exact) mass is 717 g/mol. The van der Waals surface area contributed by atoms with Gasteiger partial charge in [-0.3, -0.25) is 9.59 Å². The zero-order chi connectivity index (χ0) is 36.3. The molecule has 264 valence electrons. The highest BCUT2D eigenvalue weighted by Gasteiger charge is 2.35. The van der Waals surface area contributed by atoms with E-state index in [0.29, 0.717) is 30.3 Å². The van der Waals surface area contributed by atoms with Crippen LogP contribution in [0.1, 0.15) is 70.4 Å². The van der Waals surface area contributed by atoms with Crippen molar-refractivity contribution >= 4 is 37.5 Å². The second-order valence-electron chi connectivity index (χ2n) is 13.3. The number of piperidine rings is 1. The number of carbonyl (C=O) groups is 2. The van der Waals surface area contributed by atoms with Crippen molar-refractivity contribution in [3.8, 4) is 16.9 Å². The number of anilines is 1. The van der Waals surface area contributed by atoms with Crippen LogP contribution in [0.25, 0.3) is 11.1 Å². The van der Waals surface area contributed by atoms with Gasteiger partial charge in [0.25, 0.3) is 15.9 Å². The largest absolute Gasteiger partial charge is 0.478 e. The van der Waals surface area contributed by atoms with Crippen molar-refractivity contribution < 1.29 is 31.2 Å². The predicted molar refractivity (Wildman–Crippen MR) is 194 cm³/mol. The molecular formula is C38H43N3O7S2. The lowest BCUT2D eigenvalue weighted by molar-refractivity contribution is -0.132. The van der Waals surface area contributed by atoms with Crippen LogP contribution in [0.3, 0.4) is 0 Å². The molecule has 1 atom stereocenters. The average molecular weight is 718 g/mol. The summed E-state index contributed by atoms with van der Waals surface area (Å²) < 4.78 is 63.3. The number of hydrogen-bond acceptors (Lipinski definition) is 7. The maximum Gasteiger partial charge on any atom is 0.277 e. The van der Waals surface area contributed by atoms with E-state index in [4.69, 9.17) is 4.74 Å². The Balaban J connectivity index is 1.27. The van der Waals surface area contributed by atoms with Crippen LogP contribution in [0.5, 0.6) is 5.75 Å². The fourth-order valence-corrected chi connectivity index (χ4v) is 8.55. The first-order valence-corrected chi connectivity index (χ1v) is 19.4. The first-order valence-electron chi connectivity index (χ1n) is 16.5. The van der Waals surface area contributed by atoms with Gasteiger partial charge in [-0.15, -0.1) is 0 Å². The van der Waals surface area contributed by atoms with Gasteiger partial charge in [0.15, 0.2) is 5.60 Å². The Morgan fingerprint density at radius 3 is 2.18 bits per heavy atom. The molecule has 4 aromatic rings. The molecular weight excluding hydrogens is 675 g/mol. The van der Waals surface area contributed by atoms with E-state index in [0.717, 1.165) is 23.1 Å². The second-order valence-corrected chi connectivity index (χ2v) is 17.0. The number of nitrogens with one attached hydrogen (secondary N) is 2. The number of amides is 2. The van der Waals surface area contributed by atoms with Crippen LogP contribution in [0.15, 0.2) is 107 Å². The fourth-order valence-electron chi connectivity index (χ4n) is 5.88. The van der Waals surface area contributed by atoms with Gasteiger partial charge in [0, 0.05) is 25.7 Å². The van der Waals surface area contributed by atoms with E-state index in [1.165, 1.54) is 54.9 Å². The minimum Gasteiger partial charge on any atom is -0.478 e. The molecule has 1 heterocycles. The molecule has 12 heteroatoms. The molecule has 2 amide bonds. The minimum absolute atomic E-state index is 0.119. The number of nitrogens with zero attached hydrogens (tertiary/aromatic N) is 1. The van der Waals surface area contributed by atoms with E-state index in [1.807, 2.05) is 24.3 Å². The third-order valence-corrected chi connectivity index (χ3v) is 11.9. The fraction of sp³-hybridized carbons (Fsp3) is 0.316. The molecule has 0 spiro atoms. The van der Waals surface area contributed by atoms with Gasteiger partial charge in [-0.2, -0.15) is 4.31 Å². The van der Waals surface area contributed by atoms with Crippen LogP contribution in [0.4, 0.5) is 5.69 Å². The Morgan fingerprint density at radius 2 is 1.52 bits per heavy atom.